The van der Waals surface area contributed by atoms with Crippen LogP contribution >= 0.6 is 0 Å². The van der Waals surface area contributed by atoms with Crippen molar-refractivity contribution in [2.24, 2.45) is 0 Å². The minimum atomic E-state index is -4.87. The number of aromatic nitrogens is 1. The van der Waals surface area contributed by atoms with E-state index >= 15 is 0 Å². The maximum absolute atomic E-state index is 12.2. The molecule has 1 aromatic rings. The molecule has 0 aliphatic rings. The topological polar surface area (TPSA) is 51.1 Å². The fourth-order valence-corrected chi connectivity index (χ4v) is 1.50. The average Bonchev–Trinajstić information content (AvgIpc) is 2.71. The van der Waals surface area contributed by atoms with Crippen molar-refractivity contribution < 1.29 is 22.8 Å². The van der Waals surface area contributed by atoms with Gasteiger partial charge in [-0.05, 0) is 19.9 Å². The molecule has 1 heterocycles. The molecule has 0 unspecified atom stereocenters. The zero-order valence-electron chi connectivity index (χ0n) is 10.6. The highest BCUT2D eigenvalue weighted by molar-refractivity contribution is 6.00. The van der Waals surface area contributed by atoms with Gasteiger partial charge in [0.1, 0.15) is 0 Å². The van der Waals surface area contributed by atoms with Gasteiger partial charge in [0.25, 0.3) is 5.78 Å². The zero-order valence-corrected chi connectivity index (χ0v) is 10.6. The molecule has 0 bridgehead atoms. The van der Waals surface area contributed by atoms with E-state index in [1.165, 1.54) is 10.8 Å². The molecule has 1 N–H and O–H groups in total. The lowest BCUT2D eigenvalue weighted by Gasteiger charge is -2.08. The first-order chi connectivity index (χ1) is 8.70. The summed E-state index contributed by atoms with van der Waals surface area (Å²) in [4.78, 5) is 22.3. The van der Waals surface area contributed by atoms with E-state index in [0.29, 0.717) is 0 Å². The van der Waals surface area contributed by atoms with Crippen molar-refractivity contribution in [1.82, 2.24) is 9.88 Å². The van der Waals surface area contributed by atoms with Gasteiger partial charge in [0.2, 0.25) is 5.91 Å². The van der Waals surface area contributed by atoms with Gasteiger partial charge < -0.3 is 9.88 Å². The third kappa shape index (κ3) is 4.76. The van der Waals surface area contributed by atoms with Crippen molar-refractivity contribution in [3.63, 3.8) is 0 Å². The summed E-state index contributed by atoms with van der Waals surface area (Å²) < 4.78 is 37.9. The Morgan fingerprint density at radius 1 is 1.37 bits per heavy atom. The molecule has 1 aromatic heterocycles. The van der Waals surface area contributed by atoms with Crippen LogP contribution in [0.1, 0.15) is 30.6 Å². The first kappa shape index (κ1) is 15.3. The Morgan fingerprint density at radius 2 is 2.00 bits per heavy atom. The van der Waals surface area contributed by atoms with Crippen molar-refractivity contribution in [2.75, 3.05) is 0 Å². The normalized spacial score (nSPS) is 11.7. The fourth-order valence-electron chi connectivity index (χ4n) is 1.50. The van der Waals surface area contributed by atoms with Crippen LogP contribution in [0.25, 0.3) is 0 Å². The predicted octanol–water partition coefficient (Wildman–Crippen LogP) is 2.15. The Labute approximate surface area is 108 Å². The molecule has 0 saturated carbocycles. The van der Waals surface area contributed by atoms with Crippen LogP contribution in [0.4, 0.5) is 13.2 Å². The molecule has 0 aliphatic carbocycles. The van der Waals surface area contributed by atoms with Gasteiger partial charge >= 0.3 is 6.18 Å². The van der Waals surface area contributed by atoms with Gasteiger partial charge in [-0.1, -0.05) is 0 Å². The summed E-state index contributed by atoms with van der Waals surface area (Å²) >= 11 is 0. The van der Waals surface area contributed by atoms with E-state index in [2.05, 4.69) is 5.32 Å². The number of halogens is 3. The van der Waals surface area contributed by atoms with Gasteiger partial charge in [0, 0.05) is 37.0 Å². The smallest absolute Gasteiger partial charge is 0.354 e. The van der Waals surface area contributed by atoms with E-state index in [-0.39, 0.29) is 24.9 Å². The monoisotopic (exact) mass is 276 g/mol. The molecule has 7 heteroatoms. The van der Waals surface area contributed by atoms with Gasteiger partial charge in [-0.3, -0.25) is 9.59 Å². The molecule has 0 radical (unpaired) electrons. The van der Waals surface area contributed by atoms with Crippen molar-refractivity contribution in [3.8, 4) is 0 Å². The third-order valence-corrected chi connectivity index (χ3v) is 2.32. The first-order valence-electron chi connectivity index (χ1n) is 5.77. The number of alkyl halides is 3. The van der Waals surface area contributed by atoms with Crippen molar-refractivity contribution in [2.45, 2.75) is 39.0 Å². The van der Waals surface area contributed by atoms with Crippen LogP contribution in [0.3, 0.4) is 0 Å². The van der Waals surface area contributed by atoms with Crippen LogP contribution in [0.5, 0.6) is 0 Å². The molecule has 0 spiro atoms. The largest absolute Gasteiger partial charge is 0.454 e. The molecule has 4 nitrogen and oxygen atoms in total. The van der Waals surface area contributed by atoms with Crippen molar-refractivity contribution >= 4 is 11.7 Å². The van der Waals surface area contributed by atoms with E-state index in [0.717, 1.165) is 12.3 Å². The van der Waals surface area contributed by atoms with E-state index in [4.69, 9.17) is 0 Å². The number of nitrogens with one attached hydrogen (secondary N) is 1. The molecule has 0 saturated heterocycles. The van der Waals surface area contributed by atoms with Gasteiger partial charge in [-0.15, -0.1) is 0 Å². The maximum atomic E-state index is 12.2. The molecule has 0 fully saturated rings. The Morgan fingerprint density at radius 3 is 2.53 bits per heavy atom. The second-order valence-corrected chi connectivity index (χ2v) is 4.44. The SMILES string of the molecule is CC(C)NC(=O)CCn1ccc(C(=O)C(F)(F)F)c1. The number of amides is 1. The predicted molar refractivity (Wildman–Crippen MR) is 62.7 cm³/mol. The lowest BCUT2D eigenvalue weighted by Crippen LogP contribution is -2.30. The maximum Gasteiger partial charge on any atom is 0.454 e. The molecular formula is C12H15F3N2O2. The molecule has 0 atom stereocenters. The molecule has 0 aromatic carbocycles. The number of nitrogens with zero attached hydrogens (tertiary/aromatic N) is 1. The second-order valence-electron chi connectivity index (χ2n) is 4.44. The summed E-state index contributed by atoms with van der Waals surface area (Å²) in [6.07, 6.45) is -2.28. The van der Waals surface area contributed by atoms with E-state index in [1.54, 1.807) is 0 Å². The van der Waals surface area contributed by atoms with Gasteiger partial charge in [0.05, 0.1) is 0 Å². The number of aryl methyl sites for hydroxylation is 1. The molecule has 106 valence electrons. The average molecular weight is 276 g/mol. The number of ketones is 1. The standard InChI is InChI=1S/C12H15F3N2O2/c1-8(2)16-10(18)4-6-17-5-3-9(7-17)11(19)12(13,14)15/h3,5,7-8H,4,6H2,1-2H3,(H,16,18). The molecule has 19 heavy (non-hydrogen) atoms. The van der Waals surface area contributed by atoms with Crippen LogP contribution in [0.15, 0.2) is 18.5 Å². The molecular weight excluding hydrogens is 261 g/mol. The van der Waals surface area contributed by atoms with Crippen molar-refractivity contribution in [1.29, 1.82) is 0 Å². The highest BCUT2D eigenvalue weighted by Crippen LogP contribution is 2.21. The molecule has 0 aliphatic heterocycles. The number of hydrogen-bond acceptors (Lipinski definition) is 2. The van der Waals surface area contributed by atoms with Gasteiger partial charge in [-0.25, -0.2) is 0 Å². The summed E-state index contributed by atoms with van der Waals surface area (Å²) in [5.41, 5.74) is -0.420. The lowest BCUT2D eigenvalue weighted by atomic mass is 10.2. The number of rotatable bonds is 5. The Hall–Kier alpha value is -1.79. The second kappa shape index (κ2) is 5.90. The van der Waals surface area contributed by atoms with Crippen LogP contribution < -0.4 is 5.32 Å². The van der Waals surface area contributed by atoms with E-state index in [1.807, 2.05) is 13.8 Å². The minimum absolute atomic E-state index is 0.0135. The number of carbonyl (C=O) groups is 2. The van der Waals surface area contributed by atoms with Gasteiger partial charge in [-0.2, -0.15) is 13.2 Å². The molecule has 1 amide bonds. The summed E-state index contributed by atoms with van der Waals surface area (Å²) in [6, 6.07) is 1.11. The fraction of sp³-hybridized carbons (Fsp3) is 0.500. The first-order valence-corrected chi connectivity index (χ1v) is 5.77. The highest BCUT2D eigenvalue weighted by atomic mass is 19.4. The van der Waals surface area contributed by atoms with Crippen LogP contribution in [0, 0.1) is 0 Å². The number of hydrogen-bond donors (Lipinski definition) is 1. The quantitative estimate of drug-likeness (QED) is 0.838. The van der Waals surface area contributed by atoms with Crippen LogP contribution in [-0.4, -0.2) is 28.5 Å². The Balaban J connectivity index is 2.57. The minimum Gasteiger partial charge on any atom is -0.354 e. The highest BCUT2D eigenvalue weighted by Gasteiger charge is 2.39. The zero-order chi connectivity index (χ0) is 14.6. The summed E-state index contributed by atoms with van der Waals surface area (Å²) in [5, 5.41) is 2.67. The third-order valence-electron chi connectivity index (χ3n) is 2.32. The molecule has 1 rings (SSSR count). The summed E-state index contributed by atoms with van der Waals surface area (Å²) in [7, 11) is 0. The van der Waals surface area contributed by atoms with Gasteiger partial charge in [0.15, 0.2) is 0 Å². The van der Waals surface area contributed by atoms with Crippen LogP contribution in [-0.2, 0) is 11.3 Å². The Kier molecular flexibility index (Phi) is 4.74. The van der Waals surface area contributed by atoms with E-state index in [9.17, 15) is 22.8 Å². The number of Topliss-reactive ketones (excluding diaryl/α,β-unsaturated/α-hetero) is 1. The Bertz CT molecular complexity index is 464. The van der Waals surface area contributed by atoms with E-state index < -0.39 is 17.5 Å². The summed E-state index contributed by atoms with van der Waals surface area (Å²) in [5.74, 6) is -2.06. The summed E-state index contributed by atoms with van der Waals surface area (Å²) in [6.45, 7) is 3.85. The number of carbonyl (C=O) groups excluding carboxylic acids is 2. The van der Waals surface area contributed by atoms with Crippen molar-refractivity contribution in [3.05, 3.63) is 24.0 Å². The lowest BCUT2D eigenvalue weighted by molar-refractivity contribution is -0.121. The van der Waals surface area contributed by atoms with Crippen LogP contribution in [0.2, 0.25) is 0 Å².